The van der Waals surface area contributed by atoms with E-state index in [9.17, 15) is 9.18 Å². The van der Waals surface area contributed by atoms with Crippen molar-refractivity contribution in [3.63, 3.8) is 0 Å². The second kappa shape index (κ2) is 7.57. The summed E-state index contributed by atoms with van der Waals surface area (Å²) in [5, 5.41) is 12.5. The van der Waals surface area contributed by atoms with Crippen LogP contribution in [0.3, 0.4) is 0 Å². The lowest BCUT2D eigenvalue weighted by molar-refractivity contribution is 0.102. The molecule has 0 aliphatic carbocycles. The largest absolute Gasteiger partial charge is 0.378 e. The van der Waals surface area contributed by atoms with Crippen LogP contribution in [0.15, 0.2) is 64.9 Å². The summed E-state index contributed by atoms with van der Waals surface area (Å²) in [6, 6.07) is 12.7. The van der Waals surface area contributed by atoms with E-state index in [1.807, 2.05) is 12.1 Å². The molecule has 0 saturated heterocycles. The van der Waals surface area contributed by atoms with Gasteiger partial charge in [-0.2, -0.15) is 5.26 Å². The topological polar surface area (TPSA) is 117 Å². The Labute approximate surface area is 175 Å². The highest BCUT2D eigenvalue weighted by Crippen LogP contribution is 2.43. The number of benzene rings is 1. The smallest absolute Gasteiger partial charge is 0.274 e. The SMILES string of the molecule is C[C@]1(c2cc(NC(=O)c3ccc(C#N)cn3)ccc2F)N=C(N)Sc2ncccc21. The molecular formula is C21H15FN6OS. The van der Waals surface area contributed by atoms with E-state index in [0.717, 1.165) is 5.56 Å². The van der Waals surface area contributed by atoms with Gasteiger partial charge in [-0.1, -0.05) is 6.07 Å². The fourth-order valence-electron chi connectivity index (χ4n) is 3.22. The average molecular weight is 418 g/mol. The maximum absolute atomic E-state index is 14.9. The van der Waals surface area contributed by atoms with Crippen molar-refractivity contribution in [2.24, 2.45) is 10.7 Å². The highest BCUT2D eigenvalue weighted by molar-refractivity contribution is 8.13. The van der Waals surface area contributed by atoms with Crippen molar-refractivity contribution in [3.8, 4) is 6.07 Å². The van der Waals surface area contributed by atoms with Crippen LogP contribution in [0.25, 0.3) is 0 Å². The number of hydrogen-bond donors (Lipinski definition) is 2. The van der Waals surface area contributed by atoms with Crippen molar-refractivity contribution in [3.05, 3.63) is 83.1 Å². The van der Waals surface area contributed by atoms with Crippen LogP contribution in [-0.4, -0.2) is 21.0 Å². The molecule has 0 radical (unpaired) electrons. The molecule has 30 heavy (non-hydrogen) atoms. The molecule has 3 heterocycles. The van der Waals surface area contributed by atoms with Gasteiger partial charge in [0.2, 0.25) is 0 Å². The lowest BCUT2D eigenvalue weighted by Crippen LogP contribution is -2.30. The fourth-order valence-corrected chi connectivity index (χ4v) is 4.13. The minimum atomic E-state index is -1.10. The number of amides is 1. The summed E-state index contributed by atoms with van der Waals surface area (Å²) in [7, 11) is 0. The van der Waals surface area contributed by atoms with Crippen LogP contribution in [0.5, 0.6) is 0 Å². The van der Waals surface area contributed by atoms with Gasteiger partial charge in [-0.3, -0.25) is 4.79 Å². The Hall–Kier alpha value is -3.77. The van der Waals surface area contributed by atoms with E-state index >= 15 is 0 Å². The van der Waals surface area contributed by atoms with Gasteiger partial charge >= 0.3 is 0 Å². The Balaban J connectivity index is 1.71. The molecular weight excluding hydrogens is 403 g/mol. The fraction of sp³-hybridized carbons (Fsp3) is 0.0952. The van der Waals surface area contributed by atoms with Gasteiger partial charge in [-0.25, -0.2) is 19.4 Å². The van der Waals surface area contributed by atoms with Crippen LogP contribution in [-0.2, 0) is 5.54 Å². The van der Waals surface area contributed by atoms with E-state index in [2.05, 4.69) is 20.3 Å². The molecule has 0 unspecified atom stereocenters. The molecule has 3 aromatic rings. The van der Waals surface area contributed by atoms with E-state index in [1.54, 1.807) is 19.2 Å². The van der Waals surface area contributed by atoms with Gasteiger partial charge in [-0.15, -0.1) is 0 Å². The summed E-state index contributed by atoms with van der Waals surface area (Å²) in [5.74, 6) is -0.961. The number of nitrogens with one attached hydrogen (secondary N) is 1. The second-order valence-electron chi connectivity index (χ2n) is 6.67. The number of carbonyl (C=O) groups excluding carboxylic acids is 1. The Kier molecular flexibility index (Phi) is 4.93. The predicted molar refractivity (Wildman–Crippen MR) is 111 cm³/mol. The predicted octanol–water partition coefficient (Wildman–Crippen LogP) is 3.42. The van der Waals surface area contributed by atoms with Gasteiger partial charge in [0.15, 0.2) is 5.17 Å². The number of anilines is 1. The highest BCUT2D eigenvalue weighted by atomic mass is 32.2. The van der Waals surface area contributed by atoms with Crippen LogP contribution in [0.2, 0.25) is 0 Å². The van der Waals surface area contributed by atoms with Crippen molar-refractivity contribution in [2.75, 3.05) is 5.32 Å². The average Bonchev–Trinajstić information content (AvgIpc) is 2.75. The number of thioether (sulfide) groups is 1. The number of halogens is 1. The van der Waals surface area contributed by atoms with Gasteiger partial charge in [0, 0.05) is 29.2 Å². The van der Waals surface area contributed by atoms with Crippen molar-refractivity contribution in [1.29, 1.82) is 5.26 Å². The third-order valence-corrected chi connectivity index (χ3v) is 5.52. The number of hydrogen-bond acceptors (Lipinski definition) is 7. The monoisotopic (exact) mass is 418 g/mol. The lowest BCUT2D eigenvalue weighted by Gasteiger charge is -2.32. The Morgan fingerprint density at radius 1 is 1.23 bits per heavy atom. The molecule has 0 fully saturated rings. The number of amidine groups is 1. The minimum absolute atomic E-state index is 0.136. The molecule has 1 aromatic carbocycles. The molecule has 0 spiro atoms. The van der Waals surface area contributed by atoms with E-state index in [0.29, 0.717) is 16.3 Å². The van der Waals surface area contributed by atoms with Crippen LogP contribution in [0, 0.1) is 17.1 Å². The van der Waals surface area contributed by atoms with E-state index in [1.165, 1.54) is 48.3 Å². The van der Waals surface area contributed by atoms with Crippen molar-refractivity contribution in [1.82, 2.24) is 9.97 Å². The van der Waals surface area contributed by atoms with Crippen molar-refractivity contribution in [2.45, 2.75) is 17.5 Å². The summed E-state index contributed by atoms with van der Waals surface area (Å²) in [5.41, 5.74) is 6.72. The second-order valence-corrected chi connectivity index (χ2v) is 7.68. The first kappa shape index (κ1) is 19.5. The standard InChI is InChI=1S/C21H15FN6OS/c1-21(14-3-2-8-25-19(14)30-20(24)28-21)15-9-13(5-6-16(15)22)27-18(29)17-7-4-12(10-23)11-26-17/h2-9,11H,1H3,(H2,24,28)(H,27,29)/t21-/m0/s1. The molecule has 3 N–H and O–H groups in total. The Morgan fingerprint density at radius 2 is 2.07 bits per heavy atom. The number of fused-ring (bicyclic) bond motifs is 1. The summed E-state index contributed by atoms with van der Waals surface area (Å²) in [6.07, 6.45) is 2.95. The summed E-state index contributed by atoms with van der Waals surface area (Å²) < 4.78 is 14.9. The van der Waals surface area contributed by atoms with Gasteiger partial charge in [0.05, 0.1) is 5.56 Å². The van der Waals surface area contributed by atoms with Gasteiger partial charge in [-0.05, 0) is 55.1 Å². The zero-order valence-corrected chi connectivity index (χ0v) is 16.6. The first-order chi connectivity index (χ1) is 14.4. The van der Waals surface area contributed by atoms with Crippen molar-refractivity contribution >= 4 is 28.5 Å². The summed E-state index contributed by atoms with van der Waals surface area (Å²) in [4.78, 5) is 25.3. The molecule has 0 bridgehead atoms. The number of aliphatic imine (C=N–C) groups is 1. The summed E-state index contributed by atoms with van der Waals surface area (Å²) in [6.45, 7) is 1.76. The van der Waals surface area contributed by atoms with Crippen molar-refractivity contribution < 1.29 is 9.18 Å². The molecule has 4 rings (SSSR count). The number of carbonyl (C=O) groups is 1. The Bertz CT molecular complexity index is 1220. The molecule has 148 valence electrons. The molecule has 7 nitrogen and oxygen atoms in total. The molecule has 0 saturated carbocycles. The first-order valence-electron chi connectivity index (χ1n) is 8.87. The number of pyridine rings is 2. The minimum Gasteiger partial charge on any atom is -0.378 e. The number of nitrogens with two attached hydrogens (primary N) is 1. The normalized spacial score (nSPS) is 17.4. The number of nitrogens with zero attached hydrogens (tertiary/aromatic N) is 4. The number of nitriles is 1. The van der Waals surface area contributed by atoms with Gasteiger partial charge in [0.25, 0.3) is 5.91 Å². The molecule has 1 aliphatic heterocycles. The maximum Gasteiger partial charge on any atom is 0.274 e. The van der Waals surface area contributed by atoms with E-state index in [4.69, 9.17) is 11.0 Å². The quantitative estimate of drug-likeness (QED) is 0.673. The Morgan fingerprint density at radius 3 is 2.80 bits per heavy atom. The summed E-state index contributed by atoms with van der Waals surface area (Å²) >= 11 is 1.22. The number of rotatable bonds is 3. The van der Waals surface area contributed by atoms with E-state index < -0.39 is 17.3 Å². The zero-order chi connectivity index (χ0) is 21.3. The molecule has 9 heteroatoms. The van der Waals surface area contributed by atoms with Crippen LogP contribution in [0.1, 0.15) is 34.1 Å². The maximum atomic E-state index is 14.9. The highest BCUT2D eigenvalue weighted by Gasteiger charge is 2.37. The third-order valence-electron chi connectivity index (χ3n) is 4.70. The molecule has 1 amide bonds. The third kappa shape index (κ3) is 3.49. The van der Waals surface area contributed by atoms with Crippen LogP contribution < -0.4 is 11.1 Å². The van der Waals surface area contributed by atoms with Crippen LogP contribution in [0.4, 0.5) is 10.1 Å². The van der Waals surface area contributed by atoms with Gasteiger partial charge < -0.3 is 11.1 Å². The van der Waals surface area contributed by atoms with Crippen LogP contribution >= 0.6 is 11.8 Å². The van der Waals surface area contributed by atoms with E-state index in [-0.39, 0.29) is 16.4 Å². The van der Waals surface area contributed by atoms with Gasteiger partial charge in [0.1, 0.15) is 28.1 Å². The lowest BCUT2D eigenvalue weighted by atomic mass is 9.85. The molecule has 1 atom stereocenters. The molecule has 1 aliphatic rings. The number of aromatic nitrogens is 2. The first-order valence-corrected chi connectivity index (χ1v) is 9.68. The molecule has 2 aromatic heterocycles. The zero-order valence-electron chi connectivity index (χ0n) is 15.8.